The highest BCUT2D eigenvalue weighted by Gasteiger charge is 2.57. The normalized spacial score (nSPS) is 20.4. The Morgan fingerprint density at radius 2 is 1.93 bits per heavy atom. The number of carbonyl (C=O) groups excluding carboxylic acids is 1. The fourth-order valence-electron chi connectivity index (χ4n) is 4.91. The number of urea groups is 1. The van der Waals surface area contributed by atoms with Crippen LogP contribution in [0.4, 0.5) is 10.5 Å². The molecule has 1 spiro atoms. The lowest BCUT2D eigenvalue weighted by atomic mass is 9.93. The minimum Gasteiger partial charge on any atom is -0.497 e. The molecule has 2 heterocycles. The molecule has 1 saturated carbocycles. The molecule has 0 aromatic heterocycles. The molecule has 5 rings (SSSR count). The van der Waals surface area contributed by atoms with Crippen LogP contribution in [0.15, 0.2) is 42.5 Å². The first kappa shape index (κ1) is 19.4. The van der Waals surface area contributed by atoms with Gasteiger partial charge in [0.2, 0.25) is 0 Å². The van der Waals surface area contributed by atoms with Gasteiger partial charge in [-0.2, -0.15) is 0 Å². The molecule has 1 aliphatic carbocycles. The number of hydrogen-bond donors (Lipinski definition) is 2. The lowest BCUT2D eigenvalue weighted by Gasteiger charge is -2.23. The molecule has 2 aromatic rings. The van der Waals surface area contributed by atoms with Crippen molar-refractivity contribution < 1.29 is 9.53 Å². The molecule has 2 N–H and O–H groups in total. The van der Waals surface area contributed by atoms with Crippen molar-refractivity contribution in [1.82, 2.24) is 15.8 Å². The number of ether oxygens (including phenoxy) is 1. The van der Waals surface area contributed by atoms with E-state index in [2.05, 4.69) is 46.9 Å². The van der Waals surface area contributed by atoms with Crippen molar-refractivity contribution in [1.29, 1.82) is 0 Å². The van der Waals surface area contributed by atoms with Crippen LogP contribution < -0.4 is 20.5 Å². The van der Waals surface area contributed by atoms with Gasteiger partial charge in [0.25, 0.3) is 0 Å². The number of amides is 2. The average Bonchev–Trinajstić information content (AvgIpc) is 3.24. The molecule has 6 heteroatoms. The summed E-state index contributed by atoms with van der Waals surface area (Å²) in [5, 5.41) is 0. The summed E-state index contributed by atoms with van der Waals surface area (Å²) in [6, 6.07) is 14.7. The Morgan fingerprint density at radius 3 is 2.63 bits per heavy atom. The molecule has 0 unspecified atom stereocenters. The Kier molecular flexibility index (Phi) is 4.91. The Balaban J connectivity index is 1.40. The summed E-state index contributed by atoms with van der Waals surface area (Å²) in [6.45, 7) is 5.51. The second kappa shape index (κ2) is 7.60. The van der Waals surface area contributed by atoms with E-state index in [1.807, 2.05) is 23.1 Å². The number of methoxy groups -OCH3 is 1. The third-order valence-electron chi connectivity index (χ3n) is 6.87. The van der Waals surface area contributed by atoms with E-state index in [0.717, 1.165) is 55.9 Å². The molecule has 0 atom stereocenters. The highest BCUT2D eigenvalue weighted by Crippen LogP contribution is 2.49. The van der Waals surface area contributed by atoms with Gasteiger partial charge < -0.3 is 9.64 Å². The van der Waals surface area contributed by atoms with Crippen molar-refractivity contribution in [3.05, 3.63) is 59.2 Å². The molecule has 30 heavy (non-hydrogen) atoms. The maximum Gasteiger partial charge on any atom is 0.325 e. The first-order valence-corrected chi connectivity index (χ1v) is 10.9. The summed E-state index contributed by atoms with van der Waals surface area (Å²) >= 11 is 0. The number of carbonyl (C=O) groups is 1. The number of aryl methyl sites for hydroxylation is 1. The van der Waals surface area contributed by atoms with Crippen LogP contribution in [0.1, 0.15) is 42.4 Å². The molecule has 0 bridgehead atoms. The van der Waals surface area contributed by atoms with E-state index in [0.29, 0.717) is 12.5 Å². The van der Waals surface area contributed by atoms with Gasteiger partial charge in [-0.3, -0.25) is 15.8 Å². The number of anilines is 1. The number of benzene rings is 2. The summed E-state index contributed by atoms with van der Waals surface area (Å²) < 4.78 is 5.36. The number of nitrogens with one attached hydrogen (secondary N) is 2. The van der Waals surface area contributed by atoms with Gasteiger partial charge in [-0.15, -0.1) is 0 Å². The van der Waals surface area contributed by atoms with Gasteiger partial charge in [0, 0.05) is 31.2 Å². The Morgan fingerprint density at radius 1 is 1.13 bits per heavy atom. The maximum absolute atomic E-state index is 13.5. The summed E-state index contributed by atoms with van der Waals surface area (Å²) in [4.78, 5) is 17.5. The van der Waals surface area contributed by atoms with E-state index in [1.54, 1.807) is 7.11 Å². The third kappa shape index (κ3) is 3.34. The van der Waals surface area contributed by atoms with E-state index >= 15 is 0 Å². The summed E-state index contributed by atoms with van der Waals surface area (Å²) in [5.41, 5.74) is 11.3. The molecule has 3 fully saturated rings. The van der Waals surface area contributed by atoms with Crippen LogP contribution in [0.3, 0.4) is 0 Å². The van der Waals surface area contributed by atoms with E-state index < -0.39 is 0 Å². The molecular weight excluding hydrogens is 376 g/mol. The van der Waals surface area contributed by atoms with Crippen LogP contribution in [0.2, 0.25) is 0 Å². The van der Waals surface area contributed by atoms with Gasteiger partial charge in [0.05, 0.1) is 19.2 Å². The number of hydrazine groups is 1. The fraction of sp³-hybridized carbons (Fsp3) is 0.458. The quantitative estimate of drug-likeness (QED) is 0.772. The van der Waals surface area contributed by atoms with Gasteiger partial charge in [-0.25, -0.2) is 4.79 Å². The van der Waals surface area contributed by atoms with E-state index in [1.165, 1.54) is 11.1 Å². The Hall–Kier alpha value is -2.57. The predicted molar refractivity (Wildman–Crippen MR) is 118 cm³/mol. The molecule has 2 aromatic carbocycles. The molecule has 2 aliphatic heterocycles. The number of rotatable bonds is 6. The van der Waals surface area contributed by atoms with Crippen LogP contribution >= 0.6 is 0 Å². The van der Waals surface area contributed by atoms with Crippen molar-refractivity contribution in [2.45, 2.75) is 44.2 Å². The van der Waals surface area contributed by atoms with Crippen molar-refractivity contribution >= 4 is 11.7 Å². The van der Waals surface area contributed by atoms with Gasteiger partial charge in [-0.1, -0.05) is 25.1 Å². The monoisotopic (exact) mass is 406 g/mol. The largest absolute Gasteiger partial charge is 0.497 e. The second-order valence-corrected chi connectivity index (χ2v) is 8.73. The highest BCUT2D eigenvalue weighted by atomic mass is 16.5. The average molecular weight is 407 g/mol. The Bertz CT molecular complexity index is 950. The van der Waals surface area contributed by atoms with E-state index in [-0.39, 0.29) is 11.6 Å². The van der Waals surface area contributed by atoms with Gasteiger partial charge in [-0.05, 0) is 60.2 Å². The zero-order valence-corrected chi connectivity index (χ0v) is 17.8. The molecule has 6 nitrogen and oxygen atoms in total. The Labute approximate surface area is 178 Å². The van der Waals surface area contributed by atoms with Crippen molar-refractivity contribution in [2.75, 3.05) is 31.6 Å². The predicted octanol–water partition coefficient (Wildman–Crippen LogP) is 3.42. The van der Waals surface area contributed by atoms with Gasteiger partial charge >= 0.3 is 6.03 Å². The zero-order valence-electron chi connectivity index (χ0n) is 17.8. The van der Waals surface area contributed by atoms with E-state index in [4.69, 9.17) is 4.74 Å². The standard InChI is InChI=1S/C24H30N4O2/c1-3-18-12-20(7-8-22(18)19-13-25-26-14-19)27-16-24(9-10-24)28(23(27)29)15-17-5-4-6-21(11-17)30-2/h4-8,11-12,19,25-26H,3,9-10,13-16H2,1-2H3. The summed E-state index contributed by atoms with van der Waals surface area (Å²) in [6.07, 6.45) is 3.13. The second-order valence-electron chi connectivity index (χ2n) is 8.73. The number of hydrogen-bond acceptors (Lipinski definition) is 4. The summed E-state index contributed by atoms with van der Waals surface area (Å²) in [7, 11) is 1.68. The van der Waals surface area contributed by atoms with Crippen molar-refractivity contribution in [2.24, 2.45) is 0 Å². The van der Waals surface area contributed by atoms with Crippen LogP contribution in [-0.4, -0.2) is 43.2 Å². The molecule has 2 saturated heterocycles. The highest BCUT2D eigenvalue weighted by molar-refractivity contribution is 5.96. The molecule has 3 aliphatic rings. The van der Waals surface area contributed by atoms with Gasteiger partial charge in [0.1, 0.15) is 5.75 Å². The topological polar surface area (TPSA) is 56.8 Å². The smallest absolute Gasteiger partial charge is 0.325 e. The van der Waals surface area contributed by atoms with Crippen LogP contribution in [0.25, 0.3) is 0 Å². The summed E-state index contributed by atoms with van der Waals surface area (Å²) in [5.74, 6) is 1.32. The van der Waals surface area contributed by atoms with Gasteiger partial charge in [0.15, 0.2) is 0 Å². The molecular formula is C24H30N4O2. The van der Waals surface area contributed by atoms with Crippen LogP contribution in [0.5, 0.6) is 5.75 Å². The zero-order chi connectivity index (χ0) is 20.7. The van der Waals surface area contributed by atoms with Crippen molar-refractivity contribution in [3.8, 4) is 5.75 Å². The first-order valence-electron chi connectivity index (χ1n) is 10.9. The number of nitrogens with zero attached hydrogens (tertiary/aromatic N) is 2. The van der Waals surface area contributed by atoms with Crippen molar-refractivity contribution in [3.63, 3.8) is 0 Å². The lowest BCUT2D eigenvalue weighted by Crippen LogP contribution is -2.35. The van der Waals surface area contributed by atoms with E-state index in [9.17, 15) is 4.79 Å². The maximum atomic E-state index is 13.5. The third-order valence-corrected chi connectivity index (χ3v) is 6.87. The molecule has 158 valence electrons. The first-order chi connectivity index (χ1) is 14.6. The molecule has 0 radical (unpaired) electrons. The minimum atomic E-state index is -0.00942. The van der Waals surface area contributed by atoms with Crippen LogP contribution in [-0.2, 0) is 13.0 Å². The lowest BCUT2D eigenvalue weighted by molar-refractivity contribution is 0.197. The van der Waals surface area contributed by atoms with Crippen LogP contribution in [0, 0.1) is 0 Å². The molecule has 2 amide bonds. The minimum absolute atomic E-state index is 0.00942. The SMILES string of the molecule is CCc1cc(N2CC3(CC3)N(Cc3cccc(OC)c3)C2=O)ccc1C1CNNC1. The fourth-order valence-corrected chi connectivity index (χ4v) is 4.91.